The van der Waals surface area contributed by atoms with E-state index in [4.69, 9.17) is 8.83 Å². The maximum absolute atomic E-state index is 12.8. The first-order valence-corrected chi connectivity index (χ1v) is 7.58. The van der Waals surface area contributed by atoms with Crippen molar-refractivity contribution in [3.05, 3.63) is 58.5 Å². The first-order chi connectivity index (χ1) is 11.4. The van der Waals surface area contributed by atoms with E-state index < -0.39 is 0 Å². The van der Waals surface area contributed by atoms with Gasteiger partial charge in [0.1, 0.15) is 22.9 Å². The summed E-state index contributed by atoms with van der Waals surface area (Å²) in [6.07, 6.45) is 0. The molecule has 0 aromatic carbocycles. The predicted octanol–water partition coefficient (Wildman–Crippen LogP) is 2.56. The molecule has 2 aromatic heterocycles. The molecule has 0 bridgehead atoms. The number of carbonyl (C=O) groups is 2. The van der Waals surface area contributed by atoms with Crippen molar-refractivity contribution < 1.29 is 18.4 Å². The second-order valence-electron chi connectivity index (χ2n) is 6.00. The first-order valence-electron chi connectivity index (χ1n) is 7.58. The lowest BCUT2D eigenvalue weighted by molar-refractivity contribution is -0.123. The fourth-order valence-electron chi connectivity index (χ4n) is 3.23. The highest BCUT2D eigenvalue weighted by molar-refractivity contribution is 6.29. The van der Waals surface area contributed by atoms with Gasteiger partial charge in [-0.3, -0.25) is 9.59 Å². The van der Waals surface area contributed by atoms with Gasteiger partial charge < -0.3 is 18.6 Å². The maximum Gasteiger partial charge on any atom is 0.261 e. The molecular weight excluding hydrogens is 308 g/mol. The van der Waals surface area contributed by atoms with E-state index in [1.807, 2.05) is 26.0 Å². The Morgan fingerprint density at radius 2 is 1.08 bits per heavy atom. The fraction of sp³-hybridized carbons (Fsp3) is 0.222. The highest BCUT2D eigenvalue weighted by Gasteiger charge is 2.48. The molecule has 2 aliphatic heterocycles. The minimum absolute atomic E-state index is 0.240. The zero-order valence-electron chi connectivity index (χ0n) is 13.8. The van der Waals surface area contributed by atoms with Gasteiger partial charge >= 0.3 is 0 Å². The summed E-state index contributed by atoms with van der Waals surface area (Å²) in [4.78, 5) is 28.6. The Morgan fingerprint density at radius 3 is 1.38 bits per heavy atom. The van der Waals surface area contributed by atoms with E-state index in [-0.39, 0.29) is 11.8 Å². The van der Waals surface area contributed by atoms with Crippen molar-refractivity contribution >= 4 is 23.2 Å². The molecule has 0 aliphatic carbocycles. The summed E-state index contributed by atoms with van der Waals surface area (Å²) < 4.78 is 11.3. The summed E-state index contributed by atoms with van der Waals surface area (Å²) in [7, 11) is 3.29. The van der Waals surface area contributed by atoms with Crippen molar-refractivity contribution in [1.29, 1.82) is 0 Å². The zero-order chi connectivity index (χ0) is 17.2. The molecule has 2 amide bonds. The third kappa shape index (κ3) is 1.76. The van der Waals surface area contributed by atoms with Gasteiger partial charge in [0.25, 0.3) is 11.8 Å². The minimum atomic E-state index is -0.240. The third-order valence-corrected chi connectivity index (χ3v) is 4.38. The highest BCUT2D eigenvalue weighted by atomic mass is 16.3. The van der Waals surface area contributed by atoms with Gasteiger partial charge in [-0.25, -0.2) is 0 Å². The molecular formula is C18H16N2O4. The number of fused-ring (bicyclic) bond motifs is 1. The quantitative estimate of drug-likeness (QED) is 0.851. The highest BCUT2D eigenvalue weighted by Crippen LogP contribution is 2.45. The number of aryl methyl sites for hydroxylation is 2. The maximum atomic E-state index is 12.8. The largest absolute Gasteiger partial charge is 0.460 e. The van der Waals surface area contributed by atoms with E-state index in [1.54, 1.807) is 26.2 Å². The number of hydrogen-bond donors (Lipinski definition) is 0. The van der Waals surface area contributed by atoms with Gasteiger partial charge in [-0.2, -0.15) is 0 Å². The number of carbonyl (C=O) groups excluding carboxylic acids is 2. The van der Waals surface area contributed by atoms with Crippen LogP contribution in [-0.4, -0.2) is 35.7 Å². The van der Waals surface area contributed by atoms with E-state index in [2.05, 4.69) is 0 Å². The van der Waals surface area contributed by atoms with Gasteiger partial charge in [0.15, 0.2) is 11.5 Å². The molecule has 0 saturated carbocycles. The van der Waals surface area contributed by atoms with Crippen molar-refractivity contribution in [2.24, 2.45) is 0 Å². The van der Waals surface area contributed by atoms with E-state index in [0.717, 1.165) is 11.5 Å². The molecule has 0 fully saturated rings. The molecule has 2 aliphatic rings. The molecule has 6 nitrogen and oxygen atoms in total. The van der Waals surface area contributed by atoms with Crippen LogP contribution in [0.25, 0.3) is 11.4 Å². The van der Waals surface area contributed by atoms with E-state index in [0.29, 0.717) is 34.1 Å². The third-order valence-electron chi connectivity index (χ3n) is 4.38. The van der Waals surface area contributed by atoms with Crippen LogP contribution in [-0.2, 0) is 9.59 Å². The SMILES string of the molecule is Cc1ccc(C2=C3C(=O)N(C)C(c4ccc(C)o4)=C3C(=O)N2C)o1. The van der Waals surface area contributed by atoms with Gasteiger partial charge in [0.05, 0.1) is 11.1 Å². The monoisotopic (exact) mass is 324 g/mol. The standard InChI is InChI=1S/C18H16N2O4/c1-9-5-7-11(23-9)15-13-14(18(22)19(15)3)16(20(4)17(13)21)12-8-6-10(2)24-12/h5-8H,1-4H3. The molecule has 0 unspecified atom stereocenters. The van der Waals surface area contributed by atoms with Crippen molar-refractivity contribution in [3.8, 4) is 0 Å². The minimum Gasteiger partial charge on any atom is -0.460 e. The molecule has 2 aromatic rings. The van der Waals surface area contributed by atoms with Crippen LogP contribution in [0.15, 0.2) is 44.2 Å². The molecule has 0 atom stereocenters. The summed E-state index contributed by atoms with van der Waals surface area (Å²) >= 11 is 0. The van der Waals surface area contributed by atoms with Crippen LogP contribution < -0.4 is 0 Å². The van der Waals surface area contributed by atoms with Crippen LogP contribution in [0.4, 0.5) is 0 Å². The summed E-state index contributed by atoms with van der Waals surface area (Å²) in [6, 6.07) is 7.16. The lowest BCUT2D eigenvalue weighted by Crippen LogP contribution is -2.25. The van der Waals surface area contributed by atoms with E-state index in [9.17, 15) is 9.59 Å². The zero-order valence-corrected chi connectivity index (χ0v) is 13.8. The molecule has 4 heterocycles. The molecule has 0 spiro atoms. The first kappa shape index (κ1) is 14.6. The Labute approximate surface area is 138 Å². The summed E-state index contributed by atoms with van der Waals surface area (Å²) in [5.74, 6) is 1.97. The summed E-state index contributed by atoms with van der Waals surface area (Å²) in [5.41, 5.74) is 1.73. The van der Waals surface area contributed by atoms with Crippen LogP contribution in [0.5, 0.6) is 0 Å². The Balaban J connectivity index is 2.00. The Kier molecular flexibility index (Phi) is 2.87. The van der Waals surface area contributed by atoms with Crippen LogP contribution in [0.1, 0.15) is 23.0 Å². The second-order valence-corrected chi connectivity index (χ2v) is 6.00. The van der Waals surface area contributed by atoms with E-state index in [1.165, 1.54) is 9.80 Å². The van der Waals surface area contributed by atoms with Crippen molar-refractivity contribution in [1.82, 2.24) is 9.80 Å². The summed E-state index contributed by atoms with van der Waals surface area (Å²) in [5, 5.41) is 0. The molecule has 4 rings (SSSR count). The molecule has 6 heteroatoms. The van der Waals surface area contributed by atoms with Crippen LogP contribution in [0.3, 0.4) is 0 Å². The summed E-state index contributed by atoms with van der Waals surface area (Å²) in [6.45, 7) is 3.64. The van der Waals surface area contributed by atoms with Gasteiger partial charge in [0.2, 0.25) is 0 Å². The molecule has 0 N–H and O–H groups in total. The normalized spacial score (nSPS) is 17.7. The number of rotatable bonds is 2. The van der Waals surface area contributed by atoms with Crippen LogP contribution in [0.2, 0.25) is 0 Å². The van der Waals surface area contributed by atoms with Crippen LogP contribution in [0, 0.1) is 13.8 Å². The number of nitrogens with zero attached hydrogens (tertiary/aromatic N) is 2. The number of hydrogen-bond acceptors (Lipinski definition) is 4. The predicted molar refractivity (Wildman–Crippen MR) is 86.3 cm³/mol. The Bertz CT molecular complexity index is 879. The molecule has 24 heavy (non-hydrogen) atoms. The van der Waals surface area contributed by atoms with Crippen molar-refractivity contribution in [3.63, 3.8) is 0 Å². The molecule has 0 radical (unpaired) electrons. The lowest BCUT2D eigenvalue weighted by Gasteiger charge is -2.17. The van der Waals surface area contributed by atoms with Crippen LogP contribution >= 0.6 is 0 Å². The smallest absolute Gasteiger partial charge is 0.261 e. The Morgan fingerprint density at radius 1 is 0.708 bits per heavy atom. The average Bonchev–Trinajstić information content (AvgIpc) is 3.25. The second kappa shape index (κ2) is 4.74. The van der Waals surface area contributed by atoms with Gasteiger partial charge in [-0.05, 0) is 38.1 Å². The van der Waals surface area contributed by atoms with E-state index >= 15 is 0 Å². The van der Waals surface area contributed by atoms with Crippen molar-refractivity contribution in [2.75, 3.05) is 14.1 Å². The molecule has 0 saturated heterocycles. The lowest BCUT2D eigenvalue weighted by atomic mass is 10.1. The molecule has 122 valence electrons. The topological polar surface area (TPSA) is 66.9 Å². The van der Waals surface area contributed by atoms with Gasteiger partial charge in [-0.1, -0.05) is 0 Å². The number of furan rings is 2. The van der Waals surface area contributed by atoms with Gasteiger partial charge in [0, 0.05) is 14.1 Å². The average molecular weight is 324 g/mol. The fourth-order valence-corrected chi connectivity index (χ4v) is 3.23. The van der Waals surface area contributed by atoms with Gasteiger partial charge in [-0.15, -0.1) is 0 Å². The number of amides is 2. The van der Waals surface area contributed by atoms with Crippen molar-refractivity contribution in [2.45, 2.75) is 13.8 Å². The number of likely N-dealkylation sites (N-methyl/N-ethyl adjacent to an activating group) is 2. The Hall–Kier alpha value is -3.02.